The second kappa shape index (κ2) is 9.47. The lowest BCUT2D eigenvalue weighted by atomic mass is 10.2. The third-order valence-corrected chi connectivity index (χ3v) is 5.24. The Labute approximate surface area is 171 Å². The third-order valence-electron chi connectivity index (χ3n) is 4.16. The molecule has 8 heteroatoms. The lowest BCUT2D eigenvalue weighted by Gasteiger charge is -2.13. The fraction of sp³-hybridized carbons (Fsp3) is 0.190. The van der Waals surface area contributed by atoms with E-state index in [4.69, 9.17) is 0 Å². The molecule has 0 fully saturated rings. The Bertz CT molecular complexity index is 987. The van der Waals surface area contributed by atoms with E-state index in [1.165, 1.54) is 36.0 Å². The highest BCUT2D eigenvalue weighted by molar-refractivity contribution is 8.00. The van der Waals surface area contributed by atoms with Crippen LogP contribution in [0.2, 0.25) is 0 Å². The smallest absolute Gasteiger partial charge is 0.233 e. The average molecular weight is 414 g/mol. The second-order valence-electron chi connectivity index (χ2n) is 6.32. The van der Waals surface area contributed by atoms with Crippen molar-refractivity contribution in [2.75, 3.05) is 0 Å². The standard InChI is InChI=1S/C21H20F2N4OS/c1-3-12-27-19(16-6-10-18(23)11-7-16)25-26-21(27)29-14(2)20(28)24-13-15-4-8-17(22)9-5-15/h3-11,14H,1,12-13H2,2H3,(H,24,28)/t14-/m1/s1. The number of allylic oxidation sites excluding steroid dienone is 1. The Hall–Kier alpha value is -3.00. The molecule has 3 aromatic rings. The van der Waals surface area contributed by atoms with Crippen molar-refractivity contribution in [1.29, 1.82) is 0 Å². The maximum Gasteiger partial charge on any atom is 0.233 e. The number of amides is 1. The number of carbonyl (C=O) groups excluding carboxylic acids is 1. The van der Waals surface area contributed by atoms with Crippen LogP contribution >= 0.6 is 11.8 Å². The summed E-state index contributed by atoms with van der Waals surface area (Å²) in [5.41, 5.74) is 1.53. The van der Waals surface area contributed by atoms with Gasteiger partial charge in [-0.05, 0) is 48.9 Å². The molecule has 1 N–H and O–H groups in total. The van der Waals surface area contributed by atoms with Gasteiger partial charge in [-0.25, -0.2) is 8.78 Å². The maximum atomic E-state index is 13.2. The van der Waals surface area contributed by atoms with E-state index in [1.54, 1.807) is 37.3 Å². The molecule has 0 aliphatic heterocycles. The molecule has 1 aromatic heterocycles. The highest BCUT2D eigenvalue weighted by Crippen LogP contribution is 2.27. The van der Waals surface area contributed by atoms with E-state index in [-0.39, 0.29) is 17.5 Å². The molecule has 0 spiro atoms. The monoisotopic (exact) mass is 414 g/mol. The molecule has 29 heavy (non-hydrogen) atoms. The Balaban J connectivity index is 1.69. The average Bonchev–Trinajstić information content (AvgIpc) is 3.10. The number of hydrogen-bond acceptors (Lipinski definition) is 4. The number of thioether (sulfide) groups is 1. The van der Waals surface area contributed by atoms with E-state index in [2.05, 4.69) is 22.1 Å². The van der Waals surface area contributed by atoms with Gasteiger partial charge < -0.3 is 5.32 Å². The largest absolute Gasteiger partial charge is 0.351 e. The van der Waals surface area contributed by atoms with E-state index in [1.807, 2.05) is 4.57 Å². The normalized spacial score (nSPS) is 11.8. The van der Waals surface area contributed by atoms with Crippen LogP contribution in [0.4, 0.5) is 8.78 Å². The number of hydrogen-bond donors (Lipinski definition) is 1. The van der Waals surface area contributed by atoms with Crippen LogP contribution in [0.15, 0.2) is 66.3 Å². The quantitative estimate of drug-likeness (QED) is 0.443. The first-order valence-corrected chi connectivity index (χ1v) is 9.84. The van der Waals surface area contributed by atoms with E-state index in [0.29, 0.717) is 24.1 Å². The highest BCUT2D eigenvalue weighted by atomic mass is 32.2. The van der Waals surface area contributed by atoms with Crippen molar-refractivity contribution in [3.05, 3.63) is 78.4 Å². The molecular weight excluding hydrogens is 394 g/mol. The Morgan fingerprint density at radius 1 is 1.14 bits per heavy atom. The molecule has 3 rings (SSSR count). The van der Waals surface area contributed by atoms with E-state index in [9.17, 15) is 13.6 Å². The Kier molecular flexibility index (Phi) is 6.77. The lowest BCUT2D eigenvalue weighted by Crippen LogP contribution is -2.30. The Morgan fingerprint density at radius 3 is 2.38 bits per heavy atom. The van der Waals surface area contributed by atoms with Crippen molar-refractivity contribution >= 4 is 17.7 Å². The molecule has 2 aromatic carbocycles. The van der Waals surface area contributed by atoms with Crippen LogP contribution in [-0.2, 0) is 17.9 Å². The first-order chi connectivity index (χ1) is 14.0. The highest BCUT2D eigenvalue weighted by Gasteiger charge is 2.20. The second-order valence-corrected chi connectivity index (χ2v) is 7.62. The van der Waals surface area contributed by atoms with Crippen LogP contribution in [0, 0.1) is 11.6 Å². The summed E-state index contributed by atoms with van der Waals surface area (Å²) in [7, 11) is 0. The zero-order chi connectivity index (χ0) is 20.8. The molecule has 0 bridgehead atoms. The summed E-state index contributed by atoms with van der Waals surface area (Å²) in [4.78, 5) is 12.4. The molecule has 0 unspecified atom stereocenters. The molecule has 0 aliphatic carbocycles. The van der Waals surface area contributed by atoms with Crippen molar-refractivity contribution in [2.24, 2.45) is 0 Å². The van der Waals surface area contributed by atoms with Crippen LogP contribution in [-0.4, -0.2) is 25.9 Å². The summed E-state index contributed by atoms with van der Waals surface area (Å²) in [6.45, 7) is 6.29. The van der Waals surface area contributed by atoms with Gasteiger partial charge in [0, 0.05) is 18.7 Å². The van der Waals surface area contributed by atoms with Crippen LogP contribution < -0.4 is 5.32 Å². The predicted molar refractivity (Wildman–Crippen MR) is 109 cm³/mol. The number of nitrogens with one attached hydrogen (secondary N) is 1. The molecule has 0 saturated heterocycles. The zero-order valence-electron chi connectivity index (χ0n) is 15.8. The molecule has 0 aliphatic rings. The number of halogens is 2. The Morgan fingerprint density at radius 2 is 1.76 bits per heavy atom. The fourth-order valence-electron chi connectivity index (χ4n) is 2.63. The van der Waals surface area contributed by atoms with Crippen molar-refractivity contribution in [3.8, 4) is 11.4 Å². The fourth-order valence-corrected chi connectivity index (χ4v) is 3.51. The minimum absolute atomic E-state index is 0.171. The molecule has 150 valence electrons. The summed E-state index contributed by atoms with van der Waals surface area (Å²) < 4.78 is 28.0. The molecule has 1 amide bonds. The van der Waals surface area contributed by atoms with Crippen LogP contribution in [0.1, 0.15) is 12.5 Å². The number of rotatable bonds is 8. The van der Waals surface area contributed by atoms with Gasteiger partial charge in [-0.2, -0.15) is 0 Å². The van der Waals surface area contributed by atoms with Gasteiger partial charge >= 0.3 is 0 Å². The molecule has 0 radical (unpaired) electrons. The molecule has 1 heterocycles. The maximum absolute atomic E-state index is 13.2. The minimum atomic E-state index is -0.427. The van der Waals surface area contributed by atoms with Crippen LogP contribution in [0.5, 0.6) is 0 Å². The number of carbonyl (C=O) groups is 1. The van der Waals surface area contributed by atoms with Crippen molar-refractivity contribution in [3.63, 3.8) is 0 Å². The molecule has 0 saturated carbocycles. The predicted octanol–water partition coefficient (Wildman–Crippen LogP) is 4.21. The van der Waals surface area contributed by atoms with Gasteiger partial charge in [0.1, 0.15) is 11.6 Å². The summed E-state index contributed by atoms with van der Waals surface area (Å²) >= 11 is 1.27. The van der Waals surface area contributed by atoms with Gasteiger partial charge in [0.25, 0.3) is 0 Å². The summed E-state index contributed by atoms with van der Waals surface area (Å²) in [5, 5.41) is 11.4. The molecular formula is C21H20F2N4OS. The zero-order valence-corrected chi connectivity index (χ0v) is 16.6. The van der Waals surface area contributed by atoms with E-state index in [0.717, 1.165) is 11.1 Å². The van der Waals surface area contributed by atoms with Gasteiger partial charge in [0.05, 0.1) is 5.25 Å². The van der Waals surface area contributed by atoms with E-state index < -0.39 is 5.25 Å². The third kappa shape index (κ3) is 5.29. The van der Waals surface area contributed by atoms with Crippen LogP contribution in [0.25, 0.3) is 11.4 Å². The number of nitrogens with zero attached hydrogens (tertiary/aromatic N) is 3. The van der Waals surface area contributed by atoms with Gasteiger partial charge in [0.15, 0.2) is 11.0 Å². The number of aromatic nitrogens is 3. The summed E-state index contributed by atoms with van der Waals surface area (Å²) in [6, 6.07) is 12.0. The number of benzene rings is 2. The van der Waals surface area contributed by atoms with Gasteiger partial charge in [0.2, 0.25) is 5.91 Å². The topological polar surface area (TPSA) is 59.8 Å². The lowest BCUT2D eigenvalue weighted by molar-refractivity contribution is -0.120. The summed E-state index contributed by atoms with van der Waals surface area (Å²) in [6.07, 6.45) is 1.71. The van der Waals surface area contributed by atoms with Crippen molar-refractivity contribution in [2.45, 2.75) is 30.4 Å². The first-order valence-electron chi connectivity index (χ1n) is 8.96. The SMILES string of the molecule is C=CCn1c(S[C@H](C)C(=O)NCc2ccc(F)cc2)nnc1-c1ccc(F)cc1. The van der Waals surface area contributed by atoms with Gasteiger partial charge in [-0.1, -0.05) is 30.0 Å². The molecule has 1 atom stereocenters. The first kappa shape index (κ1) is 20.7. The van der Waals surface area contributed by atoms with Crippen molar-refractivity contribution in [1.82, 2.24) is 20.1 Å². The van der Waals surface area contributed by atoms with Gasteiger partial charge in [-0.3, -0.25) is 9.36 Å². The molecule has 5 nitrogen and oxygen atoms in total. The van der Waals surface area contributed by atoms with Crippen molar-refractivity contribution < 1.29 is 13.6 Å². The minimum Gasteiger partial charge on any atom is -0.351 e. The summed E-state index contributed by atoms with van der Waals surface area (Å²) in [5.74, 6) is -0.241. The van der Waals surface area contributed by atoms with Gasteiger partial charge in [-0.15, -0.1) is 16.8 Å². The van der Waals surface area contributed by atoms with E-state index >= 15 is 0 Å². The van der Waals surface area contributed by atoms with Crippen LogP contribution in [0.3, 0.4) is 0 Å².